The Morgan fingerprint density at radius 3 is 2.30 bits per heavy atom. The Bertz CT molecular complexity index is 1200. The molecule has 4 rings (SSSR count). The van der Waals surface area contributed by atoms with Gasteiger partial charge in [-0.15, -0.1) is 0 Å². The predicted molar refractivity (Wildman–Crippen MR) is 133 cm³/mol. The van der Waals surface area contributed by atoms with E-state index in [0.29, 0.717) is 21.3 Å². The molecule has 168 valence electrons. The van der Waals surface area contributed by atoms with E-state index in [2.05, 4.69) is 5.32 Å². The Hall–Kier alpha value is -3.15. The van der Waals surface area contributed by atoms with Crippen molar-refractivity contribution in [3.63, 3.8) is 0 Å². The Morgan fingerprint density at radius 2 is 1.64 bits per heavy atom. The fraction of sp³-hybridized carbons (Fsp3) is 0.192. The van der Waals surface area contributed by atoms with Crippen molar-refractivity contribution in [1.29, 1.82) is 0 Å². The molecule has 7 heteroatoms. The van der Waals surface area contributed by atoms with Gasteiger partial charge < -0.3 is 10.2 Å². The zero-order valence-electron chi connectivity index (χ0n) is 18.3. The van der Waals surface area contributed by atoms with Gasteiger partial charge in [0.2, 0.25) is 12.1 Å². The fourth-order valence-corrected chi connectivity index (χ4v) is 4.51. The number of aliphatic imine (C=N–C) groups is 1. The number of fused-ring (bicyclic) bond motifs is 1. The van der Waals surface area contributed by atoms with Crippen LogP contribution in [0.25, 0.3) is 0 Å². The molecule has 0 bridgehead atoms. The molecule has 0 aromatic heterocycles. The minimum atomic E-state index is -1.07. The maximum atomic E-state index is 13.6. The highest BCUT2D eigenvalue weighted by atomic mass is 35.5. The standard InChI is InChI=1S/C26H23Cl2N3O2/c1-16(2)31-22-11-7-6-10-21(22)24(18-8-4-3-5-9-18)30-25(26(31)33)29-23(32)14-17-12-19(27)15-20(28)13-17/h3-13,15-16,25H,14H2,1-2H3,(H,29,32)/t25-/m1/s1. The molecule has 0 aliphatic carbocycles. The van der Waals surface area contributed by atoms with Crippen LogP contribution in [-0.4, -0.2) is 29.7 Å². The molecule has 0 spiro atoms. The van der Waals surface area contributed by atoms with E-state index < -0.39 is 6.17 Å². The van der Waals surface area contributed by atoms with Gasteiger partial charge in [0.25, 0.3) is 5.91 Å². The summed E-state index contributed by atoms with van der Waals surface area (Å²) >= 11 is 12.1. The lowest BCUT2D eigenvalue weighted by atomic mass is 10.00. The minimum Gasteiger partial charge on any atom is -0.326 e. The minimum absolute atomic E-state index is 0.0227. The first-order chi connectivity index (χ1) is 15.8. The fourth-order valence-electron chi connectivity index (χ4n) is 3.94. The van der Waals surface area contributed by atoms with Gasteiger partial charge in [-0.1, -0.05) is 71.7 Å². The largest absolute Gasteiger partial charge is 0.326 e. The first-order valence-electron chi connectivity index (χ1n) is 10.6. The van der Waals surface area contributed by atoms with Crippen molar-refractivity contribution in [1.82, 2.24) is 5.32 Å². The van der Waals surface area contributed by atoms with Crippen molar-refractivity contribution in [2.45, 2.75) is 32.5 Å². The molecule has 0 saturated carbocycles. The molecule has 33 heavy (non-hydrogen) atoms. The number of nitrogens with one attached hydrogen (secondary N) is 1. The van der Waals surface area contributed by atoms with Gasteiger partial charge in [0.1, 0.15) is 0 Å². The molecule has 3 aromatic rings. The van der Waals surface area contributed by atoms with Crippen LogP contribution in [0.1, 0.15) is 30.5 Å². The first-order valence-corrected chi connectivity index (χ1v) is 11.4. The summed E-state index contributed by atoms with van der Waals surface area (Å²) in [5, 5.41) is 3.70. The molecule has 3 aromatic carbocycles. The lowest BCUT2D eigenvalue weighted by Crippen LogP contribution is -2.50. The number of anilines is 1. The third-order valence-electron chi connectivity index (χ3n) is 5.30. The summed E-state index contributed by atoms with van der Waals surface area (Å²) in [4.78, 5) is 33.0. The van der Waals surface area contributed by atoms with Crippen molar-refractivity contribution in [3.8, 4) is 0 Å². The van der Waals surface area contributed by atoms with E-state index in [1.807, 2.05) is 68.4 Å². The van der Waals surface area contributed by atoms with Crippen LogP contribution >= 0.6 is 23.2 Å². The van der Waals surface area contributed by atoms with Gasteiger partial charge in [0.05, 0.1) is 17.8 Å². The average molecular weight is 480 g/mol. The van der Waals surface area contributed by atoms with Crippen molar-refractivity contribution in [2.75, 3.05) is 4.90 Å². The number of halogens is 2. The van der Waals surface area contributed by atoms with E-state index in [4.69, 9.17) is 28.2 Å². The lowest BCUT2D eigenvalue weighted by Gasteiger charge is -2.29. The molecule has 0 unspecified atom stereocenters. The van der Waals surface area contributed by atoms with E-state index in [0.717, 1.165) is 16.8 Å². The third-order valence-corrected chi connectivity index (χ3v) is 5.73. The summed E-state index contributed by atoms with van der Waals surface area (Å²) in [7, 11) is 0. The molecule has 1 heterocycles. The Kier molecular flexibility index (Phi) is 6.82. The molecule has 1 atom stereocenters. The molecule has 2 amide bonds. The monoisotopic (exact) mass is 479 g/mol. The van der Waals surface area contributed by atoms with E-state index in [1.165, 1.54) is 0 Å². The number of carbonyl (C=O) groups is 2. The molecular weight excluding hydrogens is 457 g/mol. The van der Waals surface area contributed by atoms with Gasteiger partial charge in [-0.2, -0.15) is 0 Å². The maximum absolute atomic E-state index is 13.6. The number of para-hydroxylation sites is 1. The Morgan fingerprint density at radius 1 is 1.00 bits per heavy atom. The van der Waals surface area contributed by atoms with Gasteiger partial charge in [-0.05, 0) is 43.7 Å². The van der Waals surface area contributed by atoms with Crippen molar-refractivity contribution in [2.24, 2.45) is 4.99 Å². The van der Waals surface area contributed by atoms with Crippen LogP contribution in [0, 0.1) is 0 Å². The highest BCUT2D eigenvalue weighted by molar-refractivity contribution is 6.34. The second-order valence-electron chi connectivity index (χ2n) is 8.09. The number of benzodiazepines with no additional fused rings is 1. The van der Waals surface area contributed by atoms with E-state index in [-0.39, 0.29) is 24.3 Å². The molecule has 0 saturated heterocycles. The molecule has 1 aliphatic rings. The first kappa shape index (κ1) is 23.0. The molecule has 5 nitrogen and oxygen atoms in total. The molecular formula is C26H23Cl2N3O2. The topological polar surface area (TPSA) is 61.8 Å². The summed E-state index contributed by atoms with van der Waals surface area (Å²) in [6.45, 7) is 3.88. The van der Waals surface area contributed by atoms with E-state index in [1.54, 1.807) is 23.1 Å². The number of rotatable bonds is 5. The molecule has 0 fully saturated rings. The number of nitrogens with zero attached hydrogens (tertiary/aromatic N) is 2. The van der Waals surface area contributed by atoms with Crippen LogP contribution in [0.2, 0.25) is 10.0 Å². The Labute approximate surface area is 203 Å². The van der Waals surface area contributed by atoms with Gasteiger partial charge >= 0.3 is 0 Å². The van der Waals surface area contributed by atoms with Crippen molar-refractivity contribution in [3.05, 3.63) is 99.5 Å². The summed E-state index contributed by atoms with van der Waals surface area (Å²) in [6.07, 6.45) is -1.05. The molecule has 1 aliphatic heterocycles. The summed E-state index contributed by atoms with van der Waals surface area (Å²) < 4.78 is 0. The van der Waals surface area contributed by atoms with E-state index in [9.17, 15) is 9.59 Å². The summed E-state index contributed by atoms with van der Waals surface area (Å²) in [5.74, 6) is -0.640. The highest BCUT2D eigenvalue weighted by Gasteiger charge is 2.34. The van der Waals surface area contributed by atoms with Crippen LogP contribution in [0.15, 0.2) is 77.8 Å². The molecule has 1 N–H and O–H groups in total. The normalized spacial score (nSPS) is 15.7. The van der Waals surface area contributed by atoms with Crippen molar-refractivity contribution >= 4 is 46.4 Å². The van der Waals surface area contributed by atoms with Gasteiger partial charge in [0, 0.05) is 27.2 Å². The van der Waals surface area contributed by atoms with Gasteiger partial charge in [-0.3, -0.25) is 9.59 Å². The van der Waals surface area contributed by atoms with Crippen LogP contribution in [0.3, 0.4) is 0 Å². The zero-order chi connectivity index (χ0) is 23.5. The van der Waals surface area contributed by atoms with Crippen LogP contribution in [0.4, 0.5) is 5.69 Å². The summed E-state index contributed by atoms with van der Waals surface area (Å²) in [6, 6.07) is 22.1. The zero-order valence-corrected chi connectivity index (χ0v) is 19.8. The number of amides is 2. The Balaban J connectivity index is 1.73. The number of hydrogen-bond donors (Lipinski definition) is 1. The predicted octanol–water partition coefficient (Wildman–Crippen LogP) is 5.27. The third kappa shape index (κ3) is 5.10. The average Bonchev–Trinajstić information content (AvgIpc) is 2.88. The van der Waals surface area contributed by atoms with Crippen LogP contribution < -0.4 is 10.2 Å². The number of hydrogen-bond acceptors (Lipinski definition) is 3. The molecule has 0 radical (unpaired) electrons. The SMILES string of the molecule is CC(C)N1C(=O)[C@H](NC(=O)Cc2cc(Cl)cc(Cl)c2)N=C(c2ccccc2)c2ccccc21. The second kappa shape index (κ2) is 9.77. The van der Waals surface area contributed by atoms with Crippen LogP contribution in [0.5, 0.6) is 0 Å². The smallest absolute Gasteiger partial charge is 0.272 e. The quantitative estimate of drug-likeness (QED) is 0.541. The van der Waals surface area contributed by atoms with Crippen LogP contribution in [-0.2, 0) is 16.0 Å². The summed E-state index contributed by atoms with van der Waals surface area (Å²) in [5.41, 5.74) is 3.77. The van der Waals surface area contributed by atoms with Crippen molar-refractivity contribution < 1.29 is 9.59 Å². The number of benzene rings is 3. The highest BCUT2D eigenvalue weighted by Crippen LogP contribution is 2.29. The van der Waals surface area contributed by atoms with Gasteiger partial charge in [0.15, 0.2) is 0 Å². The number of carbonyl (C=O) groups excluding carboxylic acids is 2. The van der Waals surface area contributed by atoms with Gasteiger partial charge in [-0.25, -0.2) is 4.99 Å². The second-order valence-corrected chi connectivity index (χ2v) is 8.96. The lowest BCUT2D eigenvalue weighted by molar-refractivity contribution is -0.127. The van der Waals surface area contributed by atoms with E-state index >= 15 is 0 Å². The maximum Gasteiger partial charge on any atom is 0.272 e.